The number of carbonyl (C=O) groups excluding carboxylic acids is 1. The molecule has 0 N–H and O–H groups in total. The van der Waals surface area contributed by atoms with Gasteiger partial charge in [-0.25, -0.2) is 8.42 Å². The van der Waals surface area contributed by atoms with E-state index in [0.717, 1.165) is 12.8 Å². The first-order valence-electron chi connectivity index (χ1n) is 12.5. The van der Waals surface area contributed by atoms with E-state index in [2.05, 4.69) is 27.7 Å². The summed E-state index contributed by atoms with van der Waals surface area (Å²) in [6.45, 7) is 13.1. The molecule has 2 saturated heterocycles. The van der Waals surface area contributed by atoms with Crippen molar-refractivity contribution in [1.29, 1.82) is 0 Å². The number of rotatable bonds is 4. The highest BCUT2D eigenvalue weighted by Gasteiger charge is 2.33. The van der Waals surface area contributed by atoms with Crippen LogP contribution in [-0.2, 0) is 16.6 Å². The van der Waals surface area contributed by atoms with Gasteiger partial charge < -0.3 is 9.47 Å². The van der Waals surface area contributed by atoms with E-state index in [9.17, 15) is 18.0 Å². The fourth-order valence-corrected chi connectivity index (χ4v) is 7.61. The van der Waals surface area contributed by atoms with Gasteiger partial charge in [-0.2, -0.15) is 4.31 Å². The number of nitrogens with zero attached hydrogens (tertiary/aromatic N) is 3. The number of aromatic nitrogens is 1. The predicted molar refractivity (Wildman–Crippen MR) is 134 cm³/mol. The van der Waals surface area contributed by atoms with Crippen molar-refractivity contribution in [2.24, 2.45) is 23.7 Å². The summed E-state index contributed by atoms with van der Waals surface area (Å²) in [7, 11) is -3.73. The zero-order valence-corrected chi connectivity index (χ0v) is 21.8. The highest BCUT2D eigenvalue weighted by atomic mass is 32.2. The summed E-state index contributed by atoms with van der Waals surface area (Å²) in [4.78, 5) is 28.8. The Kier molecular flexibility index (Phi) is 6.93. The lowest BCUT2D eigenvalue weighted by molar-refractivity contribution is 0.0621. The SMILES string of the molecule is CCn1cc(C(=O)N2C[C@H](C)C[C@H](C)C2)c(=O)c2cc(S(=O)(=O)N3C[C@@H](C)C[C@H](C)C3)ccc21. The topological polar surface area (TPSA) is 79.7 Å². The zero-order chi connectivity index (χ0) is 24.8. The molecule has 3 heterocycles. The fourth-order valence-electron chi connectivity index (χ4n) is 5.90. The van der Waals surface area contributed by atoms with Crippen LogP contribution in [0, 0.1) is 23.7 Å². The number of likely N-dealkylation sites (tertiary alicyclic amines) is 1. The van der Waals surface area contributed by atoms with E-state index in [1.165, 1.54) is 10.4 Å². The van der Waals surface area contributed by atoms with E-state index in [1.807, 2.05) is 11.5 Å². The Hall–Kier alpha value is -2.19. The predicted octanol–water partition coefficient (Wildman–Crippen LogP) is 3.81. The van der Waals surface area contributed by atoms with Gasteiger partial charge in [0.25, 0.3) is 5.91 Å². The monoisotopic (exact) mass is 487 g/mol. The van der Waals surface area contributed by atoms with Crippen LogP contribution in [0.1, 0.15) is 57.8 Å². The molecule has 0 unspecified atom stereocenters. The summed E-state index contributed by atoms with van der Waals surface area (Å²) in [6, 6.07) is 4.76. The smallest absolute Gasteiger partial charge is 0.259 e. The molecule has 4 atom stereocenters. The van der Waals surface area contributed by atoms with Crippen LogP contribution in [0.15, 0.2) is 34.1 Å². The molecular weight excluding hydrogens is 450 g/mol. The minimum atomic E-state index is -3.73. The van der Waals surface area contributed by atoms with E-state index in [1.54, 1.807) is 23.2 Å². The molecule has 2 fully saturated rings. The third-order valence-electron chi connectivity index (χ3n) is 7.25. The average Bonchev–Trinajstić information content (AvgIpc) is 2.77. The van der Waals surface area contributed by atoms with Gasteiger partial charge in [-0.15, -0.1) is 0 Å². The third kappa shape index (κ3) is 4.67. The first-order valence-corrected chi connectivity index (χ1v) is 13.9. The van der Waals surface area contributed by atoms with E-state index in [4.69, 9.17) is 0 Å². The van der Waals surface area contributed by atoms with Crippen molar-refractivity contribution in [3.63, 3.8) is 0 Å². The maximum absolute atomic E-state index is 13.5. The first kappa shape index (κ1) is 24.9. The first-order chi connectivity index (χ1) is 16.0. The van der Waals surface area contributed by atoms with Gasteiger partial charge in [0.2, 0.25) is 15.5 Å². The molecular formula is C26H37N3O4S. The number of piperidine rings is 2. The molecule has 186 valence electrons. The van der Waals surface area contributed by atoms with Gasteiger partial charge in [0.05, 0.1) is 10.4 Å². The number of benzene rings is 1. The second kappa shape index (κ2) is 9.46. The van der Waals surface area contributed by atoms with Crippen LogP contribution < -0.4 is 5.43 Å². The molecule has 0 saturated carbocycles. The van der Waals surface area contributed by atoms with Crippen molar-refractivity contribution in [2.75, 3.05) is 26.2 Å². The van der Waals surface area contributed by atoms with Gasteiger partial charge in [-0.05, 0) is 61.6 Å². The quantitative estimate of drug-likeness (QED) is 0.657. The summed E-state index contributed by atoms with van der Waals surface area (Å²) in [5, 5.41) is 0.282. The van der Waals surface area contributed by atoms with Crippen molar-refractivity contribution in [2.45, 2.75) is 58.9 Å². The Morgan fingerprint density at radius 3 is 2.06 bits per heavy atom. The number of pyridine rings is 1. The number of aryl methyl sites for hydroxylation is 1. The van der Waals surface area contributed by atoms with Crippen molar-refractivity contribution in [3.05, 3.63) is 40.2 Å². The van der Waals surface area contributed by atoms with Crippen LogP contribution in [0.4, 0.5) is 0 Å². The molecule has 4 rings (SSSR count). The van der Waals surface area contributed by atoms with Crippen molar-refractivity contribution >= 4 is 26.8 Å². The summed E-state index contributed by atoms with van der Waals surface area (Å²) in [5.41, 5.74) is 0.363. The Morgan fingerprint density at radius 2 is 1.50 bits per heavy atom. The normalized spacial score (nSPS) is 26.7. The Morgan fingerprint density at radius 1 is 0.941 bits per heavy atom. The van der Waals surface area contributed by atoms with E-state index >= 15 is 0 Å². The van der Waals surface area contributed by atoms with Crippen LogP contribution in [0.25, 0.3) is 10.9 Å². The van der Waals surface area contributed by atoms with Crippen molar-refractivity contribution in [3.8, 4) is 0 Å². The molecule has 1 amide bonds. The maximum atomic E-state index is 13.5. The maximum Gasteiger partial charge on any atom is 0.259 e. The van der Waals surface area contributed by atoms with Gasteiger partial charge in [0, 0.05) is 44.3 Å². The number of amides is 1. The molecule has 34 heavy (non-hydrogen) atoms. The van der Waals surface area contributed by atoms with Crippen molar-refractivity contribution < 1.29 is 13.2 Å². The Balaban J connectivity index is 1.78. The fraction of sp³-hybridized carbons (Fsp3) is 0.615. The van der Waals surface area contributed by atoms with E-state index in [0.29, 0.717) is 50.1 Å². The summed E-state index contributed by atoms with van der Waals surface area (Å²) < 4.78 is 30.3. The largest absolute Gasteiger partial charge is 0.347 e. The third-order valence-corrected chi connectivity index (χ3v) is 9.08. The molecule has 1 aromatic carbocycles. The molecule has 8 heteroatoms. The second-order valence-corrected chi connectivity index (χ2v) is 12.7. The molecule has 0 aliphatic carbocycles. The van der Waals surface area contributed by atoms with E-state index in [-0.39, 0.29) is 33.6 Å². The number of fused-ring (bicyclic) bond motifs is 1. The Labute approximate surface area is 202 Å². The highest BCUT2D eigenvalue weighted by molar-refractivity contribution is 7.89. The summed E-state index contributed by atoms with van der Waals surface area (Å²) in [5.74, 6) is 1.07. The lowest BCUT2D eigenvalue weighted by atomic mass is 9.91. The van der Waals surface area contributed by atoms with Gasteiger partial charge in [-0.1, -0.05) is 27.7 Å². The molecule has 0 spiro atoms. The summed E-state index contributed by atoms with van der Waals surface area (Å²) in [6.07, 6.45) is 3.71. The van der Waals surface area contributed by atoms with Crippen molar-refractivity contribution in [1.82, 2.24) is 13.8 Å². The number of hydrogen-bond acceptors (Lipinski definition) is 4. The van der Waals surface area contributed by atoms with Crippen LogP contribution in [0.3, 0.4) is 0 Å². The molecule has 7 nitrogen and oxygen atoms in total. The highest BCUT2D eigenvalue weighted by Crippen LogP contribution is 2.28. The van der Waals surface area contributed by atoms with Gasteiger partial charge in [0.15, 0.2) is 0 Å². The minimum absolute atomic E-state index is 0.116. The minimum Gasteiger partial charge on any atom is -0.347 e. The number of hydrogen-bond donors (Lipinski definition) is 0. The molecule has 0 bridgehead atoms. The second-order valence-electron chi connectivity index (χ2n) is 10.8. The molecule has 2 aliphatic heterocycles. The summed E-state index contributed by atoms with van der Waals surface area (Å²) >= 11 is 0. The van der Waals surface area contributed by atoms with E-state index < -0.39 is 15.5 Å². The average molecular weight is 488 g/mol. The molecule has 0 radical (unpaired) electrons. The van der Waals surface area contributed by atoms with Crippen LogP contribution in [-0.4, -0.2) is 54.3 Å². The molecule has 1 aromatic heterocycles. The number of sulfonamides is 1. The standard InChI is InChI=1S/C26H37N3O4S/c1-6-27-16-23(26(31)28-12-17(2)9-18(3)13-28)25(30)22-11-21(7-8-24(22)27)34(32,33)29-14-19(4)10-20(5)15-29/h7-8,11,16-20H,6,9-10,12-15H2,1-5H3/t17-,18+,19-,20-/m0/s1. The van der Waals surface area contributed by atoms with Crippen LogP contribution in [0.2, 0.25) is 0 Å². The van der Waals surface area contributed by atoms with Gasteiger partial charge >= 0.3 is 0 Å². The number of carbonyl (C=O) groups is 1. The lowest BCUT2D eigenvalue weighted by Gasteiger charge is -2.35. The van der Waals surface area contributed by atoms with Gasteiger partial charge in [0.1, 0.15) is 5.56 Å². The van der Waals surface area contributed by atoms with Crippen LogP contribution >= 0.6 is 0 Å². The van der Waals surface area contributed by atoms with Crippen LogP contribution in [0.5, 0.6) is 0 Å². The lowest BCUT2D eigenvalue weighted by Crippen LogP contribution is -2.44. The molecule has 2 aromatic rings. The molecule has 2 aliphatic rings. The van der Waals surface area contributed by atoms with Gasteiger partial charge in [-0.3, -0.25) is 9.59 Å². The zero-order valence-electron chi connectivity index (χ0n) is 21.0. The Bertz CT molecular complexity index is 1230.